The molecule has 0 amide bonds. The first-order chi connectivity index (χ1) is 49.5. The highest BCUT2D eigenvalue weighted by molar-refractivity contribution is 6.17. The van der Waals surface area contributed by atoms with Crippen LogP contribution in [0.2, 0.25) is 0 Å². The quantitative estimate of drug-likeness (QED) is 0.130. The van der Waals surface area contributed by atoms with Gasteiger partial charge in [0.1, 0.15) is 44.7 Å². The molecule has 0 aliphatic rings. The van der Waals surface area contributed by atoms with Crippen molar-refractivity contribution in [3.05, 3.63) is 328 Å². The molecule has 10 heteroatoms. The Morgan fingerprint density at radius 1 is 0.140 bits per heavy atom. The fourth-order valence-corrected chi connectivity index (χ4v) is 13.6. The third-order valence-corrected chi connectivity index (χ3v) is 18.6. The zero-order valence-corrected chi connectivity index (χ0v) is 53.5. The summed E-state index contributed by atoms with van der Waals surface area (Å²) in [6, 6.07) is 111. The van der Waals surface area contributed by atoms with E-state index >= 15 is 0 Å². The van der Waals surface area contributed by atoms with Crippen molar-refractivity contribution in [1.29, 1.82) is 0 Å². The molecular formula is C90H54N6O4. The summed E-state index contributed by atoms with van der Waals surface area (Å²) in [5.74, 6) is 2.05. The fourth-order valence-electron chi connectivity index (χ4n) is 13.6. The zero-order chi connectivity index (χ0) is 66.0. The van der Waals surface area contributed by atoms with Crippen molar-refractivity contribution in [2.45, 2.75) is 0 Å². The van der Waals surface area contributed by atoms with E-state index in [0.29, 0.717) is 17.5 Å². The number of nitrogens with zero attached hydrogens (tertiary/aromatic N) is 6. The molecule has 0 saturated carbocycles. The van der Waals surface area contributed by atoms with E-state index in [1.807, 2.05) is 170 Å². The second-order valence-electron chi connectivity index (χ2n) is 24.9. The number of hydrogen-bond donors (Lipinski definition) is 0. The third kappa shape index (κ3) is 10.7. The van der Waals surface area contributed by atoms with E-state index in [4.69, 9.17) is 47.6 Å². The lowest BCUT2D eigenvalue weighted by Gasteiger charge is -2.09. The van der Waals surface area contributed by atoms with E-state index in [2.05, 4.69) is 158 Å². The van der Waals surface area contributed by atoms with Crippen LogP contribution in [0.1, 0.15) is 0 Å². The standard InChI is InChI=1S/C50H30N4O2.C40H24N2O2/c1-5-13-31(14-6-1)41-29-43(53-49(51-41)33-17-9-3-10-18-33)35-21-23-45-37(25-35)39-27-48-40(28-47(39)55-45)38-26-36(22-24-46(38)56-48)44-30-42(32-15-7-2-8-16-32)52-50(54-44)34-19-11-4-12-20-34;1-4-10-25(11-5-1)28-16-18-36-30(20-28)32-22-39-33(23-38(32)43-36)31-21-29(17-19-37(31)44-39)35-24-34(26-12-6-2-7-13-26)41-40(42-35)27-14-8-3-9-15-27/h1-30H;1-24H. The molecule has 0 aliphatic heterocycles. The third-order valence-electron chi connectivity index (χ3n) is 18.6. The molecule has 0 N–H and O–H groups in total. The summed E-state index contributed by atoms with van der Waals surface area (Å²) in [6.45, 7) is 0. The van der Waals surface area contributed by atoms with Crippen molar-refractivity contribution in [2.24, 2.45) is 0 Å². The summed E-state index contributed by atoms with van der Waals surface area (Å²) < 4.78 is 25.8. The van der Waals surface area contributed by atoms with E-state index in [9.17, 15) is 0 Å². The van der Waals surface area contributed by atoms with Crippen LogP contribution < -0.4 is 0 Å². The maximum atomic E-state index is 6.51. The Bertz CT molecular complexity index is 6100. The van der Waals surface area contributed by atoms with Crippen molar-refractivity contribution < 1.29 is 17.7 Å². The molecule has 0 fully saturated rings. The second-order valence-corrected chi connectivity index (χ2v) is 24.9. The maximum absolute atomic E-state index is 6.51. The molecule has 0 saturated heterocycles. The van der Waals surface area contributed by atoms with Gasteiger partial charge in [-0.2, -0.15) is 0 Å². The molecular weight excluding hydrogens is 1230 g/mol. The van der Waals surface area contributed by atoms with Crippen LogP contribution in [0.25, 0.3) is 201 Å². The SMILES string of the molecule is c1ccc(-c2cc(-c3ccc4oc5cc6c(cc5c4c3)oc3ccc(-c4cc(-c5ccccc5)nc(-c5ccccc5)n4)cc36)nc(-c3ccccc3)n2)cc1.c1ccc(-c2ccc3oc4cc5c(cc4c3c2)oc2ccc(-c3cc(-c4ccccc4)nc(-c4ccccc4)n3)cc25)cc1. The minimum atomic E-state index is 0.678. The topological polar surface area (TPSA) is 130 Å². The fraction of sp³-hybridized carbons (Fsp3) is 0. The van der Waals surface area contributed by atoms with Crippen molar-refractivity contribution >= 4 is 87.8 Å². The van der Waals surface area contributed by atoms with Crippen LogP contribution in [0.4, 0.5) is 0 Å². The van der Waals surface area contributed by atoms with Crippen molar-refractivity contribution in [3.63, 3.8) is 0 Å². The molecule has 0 atom stereocenters. The first-order valence-corrected chi connectivity index (χ1v) is 33.2. The second kappa shape index (κ2) is 24.2. The summed E-state index contributed by atoms with van der Waals surface area (Å²) in [5, 5.41) is 8.08. The summed E-state index contributed by atoms with van der Waals surface area (Å²) in [7, 11) is 0. The average Bonchev–Trinajstić information content (AvgIpc) is 1.59. The Balaban J connectivity index is 0.000000143. The summed E-state index contributed by atoms with van der Waals surface area (Å²) >= 11 is 0. The lowest BCUT2D eigenvalue weighted by molar-refractivity contribution is 0.664. The van der Waals surface area contributed by atoms with Crippen LogP contribution in [0.3, 0.4) is 0 Å². The smallest absolute Gasteiger partial charge is 0.160 e. The van der Waals surface area contributed by atoms with Gasteiger partial charge in [-0.15, -0.1) is 0 Å². The van der Waals surface area contributed by atoms with Gasteiger partial charge < -0.3 is 17.7 Å². The molecule has 468 valence electrons. The minimum absolute atomic E-state index is 0.678. The molecule has 7 aromatic heterocycles. The van der Waals surface area contributed by atoms with Crippen LogP contribution in [0.15, 0.2) is 345 Å². The zero-order valence-electron chi connectivity index (χ0n) is 53.5. The van der Waals surface area contributed by atoms with Crippen LogP contribution in [-0.4, -0.2) is 29.9 Å². The molecule has 0 bridgehead atoms. The molecule has 7 heterocycles. The molecule has 0 spiro atoms. The minimum Gasteiger partial charge on any atom is -0.456 e. The van der Waals surface area contributed by atoms with Gasteiger partial charge in [0.15, 0.2) is 17.5 Å². The Morgan fingerprint density at radius 2 is 0.340 bits per heavy atom. The van der Waals surface area contributed by atoms with Crippen molar-refractivity contribution in [2.75, 3.05) is 0 Å². The molecule has 10 nitrogen and oxygen atoms in total. The van der Waals surface area contributed by atoms with Gasteiger partial charge in [-0.25, -0.2) is 29.9 Å². The number of rotatable bonds is 10. The number of furan rings is 4. The molecule has 20 aromatic rings. The molecule has 13 aromatic carbocycles. The number of hydrogen-bond acceptors (Lipinski definition) is 10. The van der Waals surface area contributed by atoms with Gasteiger partial charge in [-0.3, -0.25) is 0 Å². The Labute approximate surface area is 572 Å². The summed E-state index contributed by atoms with van der Waals surface area (Å²) in [5.41, 5.74) is 22.9. The van der Waals surface area contributed by atoms with Crippen molar-refractivity contribution in [3.8, 4) is 113 Å². The number of fused-ring (bicyclic) bond motifs is 12. The molecule has 20 rings (SSSR count). The Morgan fingerprint density at radius 3 is 0.600 bits per heavy atom. The highest BCUT2D eigenvalue weighted by Crippen LogP contribution is 2.43. The summed E-state index contributed by atoms with van der Waals surface area (Å²) in [6.07, 6.45) is 0. The van der Waals surface area contributed by atoms with Gasteiger partial charge >= 0.3 is 0 Å². The Hall–Kier alpha value is -13.7. The molecule has 0 aliphatic carbocycles. The highest BCUT2D eigenvalue weighted by Gasteiger charge is 2.21. The highest BCUT2D eigenvalue weighted by atomic mass is 16.3. The van der Waals surface area contributed by atoms with Gasteiger partial charge in [-0.05, 0) is 120 Å². The molecule has 0 unspecified atom stereocenters. The number of benzene rings is 13. The lowest BCUT2D eigenvalue weighted by Crippen LogP contribution is -1.95. The molecule has 100 heavy (non-hydrogen) atoms. The van der Waals surface area contributed by atoms with Crippen LogP contribution in [0.5, 0.6) is 0 Å². The number of aromatic nitrogens is 6. The summed E-state index contributed by atoms with van der Waals surface area (Å²) in [4.78, 5) is 30.0. The van der Waals surface area contributed by atoms with E-state index < -0.39 is 0 Å². The van der Waals surface area contributed by atoms with Crippen molar-refractivity contribution in [1.82, 2.24) is 29.9 Å². The predicted molar refractivity (Wildman–Crippen MR) is 403 cm³/mol. The van der Waals surface area contributed by atoms with Gasteiger partial charge in [0.05, 0.1) is 34.2 Å². The normalized spacial score (nSPS) is 11.6. The van der Waals surface area contributed by atoms with E-state index in [-0.39, 0.29) is 0 Å². The van der Waals surface area contributed by atoms with E-state index in [1.165, 1.54) is 5.56 Å². The van der Waals surface area contributed by atoms with Crippen LogP contribution in [-0.2, 0) is 0 Å². The van der Waals surface area contributed by atoms with Gasteiger partial charge in [0.2, 0.25) is 0 Å². The van der Waals surface area contributed by atoms with Crippen LogP contribution >= 0.6 is 0 Å². The molecule has 0 radical (unpaired) electrons. The monoisotopic (exact) mass is 1280 g/mol. The first-order valence-electron chi connectivity index (χ1n) is 33.2. The lowest BCUT2D eigenvalue weighted by atomic mass is 10.0. The van der Waals surface area contributed by atoms with Gasteiger partial charge in [-0.1, -0.05) is 218 Å². The van der Waals surface area contributed by atoms with E-state index in [0.717, 1.165) is 178 Å². The largest absolute Gasteiger partial charge is 0.456 e. The van der Waals surface area contributed by atoms with E-state index in [1.54, 1.807) is 0 Å². The van der Waals surface area contributed by atoms with Gasteiger partial charge in [0.25, 0.3) is 0 Å². The van der Waals surface area contributed by atoms with Gasteiger partial charge in [0, 0.05) is 93.2 Å². The predicted octanol–water partition coefficient (Wildman–Crippen LogP) is 24.0. The Kier molecular flexibility index (Phi) is 14.0. The van der Waals surface area contributed by atoms with Crippen LogP contribution in [0, 0.1) is 0 Å². The average molecular weight is 1280 g/mol. The maximum Gasteiger partial charge on any atom is 0.160 e. The first kappa shape index (κ1) is 57.7.